The lowest BCUT2D eigenvalue weighted by molar-refractivity contribution is -0.116. The third kappa shape index (κ3) is 7.77. The lowest BCUT2D eigenvalue weighted by Gasteiger charge is -2.21. The molecule has 2 aromatic rings. The molecule has 7 heteroatoms. The van der Waals surface area contributed by atoms with Gasteiger partial charge < -0.3 is 20.9 Å². The van der Waals surface area contributed by atoms with Gasteiger partial charge in [0.25, 0.3) is 5.91 Å². The number of amides is 3. The van der Waals surface area contributed by atoms with Crippen molar-refractivity contribution in [3.05, 3.63) is 54.1 Å². The van der Waals surface area contributed by atoms with E-state index < -0.39 is 0 Å². The van der Waals surface area contributed by atoms with Crippen molar-refractivity contribution in [2.75, 3.05) is 35.6 Å². The average molecular weight is 425 g/mol. The van der Waals surface area contributed by atoms with E-state index in [4.69, 9.17) is 0 Å². The van der Waals surface area contributed by atoms with Crippen molar-refractivity contribution >= 4 is 34.8 Å². The maximum Gasteiger partial charge on any atom is 0.253 e. The van der Waals surface area contributed by atoms with Crippen LogP contribution in [0.1, 0.15) is 50.4 Å². The normalized spacial score (nSPS) is 10.3. The van der Waals surface area contributed by atoms with Crippen LogP contribution in [-0.2, 0) is 9.59 Å². The second kappa shape index (κ2) is 12.4. The molecular formula is C24H32N4O3. The zero-order valence-electron chi connectivity index (χ0n) is 18.5. The molecule has 0 unspecified atom stereocenters. The fourth-order valence-corrected chi connectivity index (χ4v) is 3.11. The van der Waals surface area contributed by atoms with Gasteiger partial charge in [-0.3, -0.25) is 14.4 Å². The van der Waals surface area contributed by atoms with Crippen LogP contribution >= 0.6 is 0 Å². The molecule has 0 aliphatic heterocycles. The highest BCUT2D eigenvalue weighted by Crippen LogP contribution is 2.16. The summed E-state index contributed by atoms with van der Waals surface area (Å²) in [6.07, 6.45) is 2.21. The first kappa shape index (κ1) is 23.9. The number of nitrogens with one attached hydrogen (secondary N) is 3. The summed E-state index contributed by atoms with van der Waals surface area (Å²) in [5, 5.41) is 8.64. The van der Waals surface area contributed by atoms with Crippen LogP contribution in [0, 0.1) is 0 Å². The van der Waals surface area contributed by atoms with Crippen molar-refractivity contribution < 1.29 is 14.4 Å². The molecule has 0 aliphatic rings. The molecular weight excluding hydrogens is 392 g/mol. The van der Waals surface area contributed by atoms with E-state index in [2.05, 4.69) is 29.8 Å². The van der Waals surface area contributed by atoms with E-state index in [1.54, 1.807) is 43.3 Å². The maximum absolute atomic E-state index is 12.8. The van der Waals surface area contributed by atoms with Crippen LogP contribution in [0.3, 0.4) is 0 Å². The SMILES string of the molecule is CCCN(CCC)C(=O)c1cccc(NCC(=O)Nc2cccc(NC(=O)CC)c2)c1. The van der Waals surface area contributed by atoms with Crippen LogP contribution in [-0.4, -0.2) is 42.3 Å². The number of anilines is 3. The van der Waals surface area contributed by atoms with E-state index in [1.807, 2.05) is 17.0 Å². The molecule has 2 rings (SSSR count). The fourth-order valence-electron chi connectivity index (χ4n) is 3.11. The van der Waals surface area contributed by atoms with E-state index in [1.165, 1.54) is 0 Å². The van der Waals surface area contributed by atoms with E-state index >= 15 is 0 Å². The van der Waals surface area contributed by atoms with E-state index in [-0.39, 0.29) is 24.3 Å². The Morgan fingerprint density at radius 2 is 1.35 bits per heavy atom. The van der Waals surface area contributed by atoms with Crippen LogP contribution in [0.15, 0.2) is 48.5 Å². The molecule has 0 atom stereocenters. The molecule has 2 aromatic carbocycles. The molecule has 0 bridgehead atoms. The number of nitrogens with zero attached hydrogens (tertiary/aromatic N) is 1. The van der Waals surface area contributed by atoms with Crippen molar-refractivity contribution in [3.8, 4) is 0 Å². The van der Waals surface area contributed by atoms with Gasteiger partial charge in [-0.2, -0.15) is 0 Å². The highest BCUT2D eigenvalue weighted by Gasteiger charge is 2.14. The molecule has 3 N–H and O–H groups in total. The number of hydrogen-bond acceptors (Lipinski definition) is 4. The van der Waals surface area contributed by atoms with E-state index in [9.17, 15) is 14.4 Å². The summed E-state index contributed by atoms with van der Waals surface area (Å²) in [4.78, 5) is 38.5. The second-order valence-electron chi connectivity index (χ2n) is 7.26. The lowest BCUT2D eigenvalue weighted by Crippen LogP contribution is -2.32. The average Bonchev–Trinajstić information content (AvgIpc) is 2.77. The quantitative estimate of drug-likeness (QED) is 0.500. The monoisotopic (exact) mass is 424 g/mol. The lowest BCUT2D eigenvalue weighted by atomic mass is 10.1. The molecule has 3 amide bonds. The minimum absolute atomic E-state index is 0.00254. The smallest absolute Gasteiger partial charge is 0.253 e. The summed E-state index contributed by atoms with van der Waals surface area (Å²) >= 11 is 0. The van der Waals surface area contributed by atoms with Gasteiger partial charge in [0.2, 0.25) is 11.8 Å². The van der Waals surface area contributed by atoms with Gasteiger partial charge in [0, 0.05) is 42.1 Å². The molecule has 0 spiro atoms. The van der Waals surface area contributed by atoms with Gasteiger partial charge in [-0.05, 0) is 49.2 Å². The number of hydrogen-bond donors (Lipinski definition) is 3. The van der Waals surface area contributed by atoms with Gasteiger partial charge in [-0.15, -0.1) is 0 Å². The topological polar surface area (TPSA) is 90.5 Å². The first-order valence-corrected chi connectivity index (χ1v) is 10.8. The van der Waals surface area contributed by atoms with Crippen LogP contribution < -0.4 is 16.0 Å². The maximum atomic E-state index is 12.8. The van der Waals surface area contributed by atoms with Crippen molar-refractivity contribution in [3.63, 3.8) is 0 Å². The van der Waals surface area contributed by atoms with Crippen molar-refractivity contribution in [2.24, 2.45) is 0 Å². The number of benzene rings is 2. The minimum Gasteiger partial charge on any atom is -0.376 e. The number of carbonyl (C=O) groups excluding carboxylic acids is 3. The molecule has 7 nitrogen and oxygen atoms in total. The van der Waals surface area contributed by atoms with Crippen LogP contribution in [0.4, 0.5) is 17.1 Å². The fraction of sp³-hybridized carbons (Fsp3) is 0.375. The van der Waals surface area contributed by atoms with Crippen molar-refractivity contribution in [2.45, 2.75) is 40.0 Å². The number of rotatable bonds is 11. The van der Waals surface area contributed by atoms with Gasteiger partial charge in [-0.25, -0.2) is 0 Å². The summed E-state index contributed by atoms with van der Waals surface area (Å²) in [6.45, 7) is 7.39. The zero-order valence-corrected chi connectivity index (χ0v) is 18.5. The van der Waals surface area contributed by atoms with Gasteiger partial charge in [0.05, 0.1) is 6.54 Å². The second-order valence-corrected chi connectivity index (χ2v) is 7.26. The Labute approximate surface area is 184 Å². The third-order valence-corrected chi connectivity index (χ3v) is 4.59. The summed E-state index contributed by atoms with van der Waals surface area (Å²) in [7, 11) is 0. The van der Waals surface area contributed by atoms with Gasteiger partial charge in [0.1, 0.15) is 0 Å². The molecule has 0 saturated carbocycles. The minimum atomic E-state index is -0.228. The first-order valence-electron chi connectivity index (χ1n) is 10.8. The highest BCUT2D eigenvalue weighted by molar-refractivity contribution is 5.97. The van der Waals surface area contributed by atoms with Crippen molar-refractivity contribution in [1.29, 1.82) is 0 Å². The Balaban J connectivity index is 1.95. The number of carbonyl (C=O) groups is 3. The largest absolute Gasteiger partial charge is 0.376 e. The molecule has 0 aliphatic carbocycles. The van der Waals surface area contributed by atoms with Crippen LogP contribution in [0.25, 0.3) is 0 Å². The Hall–Kier alpha value is -3.35. The molecule has 0 aromatic heterocycles. The Morgan fingerprint density at radius 3 is 1.97 bits per heavy atom. The van der Waals surface area contributed by atoms with E-state index in [0.29, 0.717) is 29.0 Å². The molecule has 0 heterocycles. The van der Waals surface area contributed by atoms with Crippen LogP contribution in [0.2, 0.25) is 0 Å². The molecule has 0 fully saturated rings. The summed E-state index contributed by atoms with van der Waals surface area (Å²) in [5.41, 5.74) is 2.54. The van der Waals surface area contributed by atoms with Crippen LogP contribution in [0.5, 0.6) is 0 Å². The predicted molar refractivity (Wildman–Crippen MR) is 125 cm³/mol. The van der Waals surface area contributed by atoms with E-state index in [0.717, 1.165) is 25.9 Å². The zero-order chi connectivity index (χ0) is 22.6. The Kier molecular flexibility index (Phi) is 9.55. The van der Waals surface area contributed by atoms with Crippen molar-refractivity contribution in [1.82, 2.24) is 4.90 Å². The Morgan fingerprint density at radius 1 is 0.774 bits per heavy atom. The predicted octanol–water partition coefficient (Wildman–Crippen LogP) is 4.35. The molecule has 31 heavy (non-hydrogen) atoms. The standard InChI is InChI=1S/C24H32N4O3/c1-4-13-28(14-5-2)24(31)18-9-7-10-19(15-18)25-17-23(30)27-21-12-8-11-20(16-21)26-22(29)6-3/h7-12,15-16,25H,4-6,13-14,17H2,1-3H3,(H,26,29)(H,27,30). The van der Waals surface area contributed by atoms with Gasteiger partial charge in [0.15, 0.2) is 0 Å². The molecule has 0 saturated heterocycles. The molecule has 166 valence electrons. The Bertz CT molecular complexity index is 892. The van der Waals surface area contributed by atoms with Gasteiger partial charge in [-0.1, -0.05) is 32.9 Å². The summed E-state index contributed by atoms with van der Waals surface area (Å²) in [5.74, 6) is -0.312. The summed E-state index contributed by atoms with van der Waals surface area (Å²) < 4.78 is 0. The first-order chi connectivity index (χ1) is 15.0. The van der Waals surface area contributed by atoms with Gasteiger partial charge >= 0.3 is 0 Å². The summed E-state index contributed by atoms with van der Waals surface area (Å²) in [6, 6.07) is 14.2. The molecule has 0 radical (unpaired) electrons. The highest BCUT2D eigenvalue weighted by atomic mass is 16.2. The third-order valence-electron chi connectivity index (χ3n) is 4.59.